The number of hydrogen-bond donors (Lipinski definition) is 1. The van der Waals surface area contributed by atoms with Gasteiger partial charge in [-0.05, 0) is 12.8 Å². The van der Waals surface area contributed by atoms with Crippen LogP contribution in [0.15, 0.2) is 0 Å². The van der Waals surface area contributed by atoms with Crippen LogP contribution in [0.25, 0.3) is 0 Å². The summed E-state index contributed by atoms with van der Waals surface area (Å²) in [5, 5.41) is 7.77. The number of aromatic nitrogens is 2. The molecule has 1 aromatic heterocycles. The second kappa shape index (κ2) is 4.58. The van der Waals surface area contributed by atoms with Crippen LogP contribution in [0.1, 0.15) is 61.4 Å². The van der Waals surface area contributed by atoms with E-state index in [1.54, 1.807) is 0 Å². The van der Waals surface area contributed by atoms with Crippen molar-refractivity contribution in [3.8, 4) is 0 Å². The molecule has 1 saturated carbocycles. The maximum absolute atomic E-state index is 5.56. The Kier molecular flexibility index (Phi) is 2.96. The number of nitrogens with one attached hydrogen (secondary N) is 1. The first kappa shape index (κ1) is 10.3. The summed E-state index contributed by atoms with van der Waals surface area (Å²) in [5.74, 6) is 0.684. The second-order valence-electron chi connectivity index (χ2n) is 5.06. The van der Waals surface area contributed by atoms with Crippen LogP contribution in [0.2, 0.25) is 0 Å². The van der Waals surface area contributed by atoms with Gasteiger partial charge < -0.3 is 4.74 Å². The van der Waals surface area contributed by atoms with E-state index in [-0.39, 0.29) is 0 Å². The first-order valence-corrected chi connectivity index (χ1v) is 6.59. The lowest BCUT2D eigenvalue weighted by Crippen LogP contribution is -2.11. The lowest BCUT2D eigenvalue weighted by Gasteiger charge is -2.17. The summed E-state index contributed by atoms with van der Waals surface area (Å²) in [4.78, 5) is 0. The molecule has 88 valence electrons. The Morgan fingerprint density at radius 2 is 1.94 bits per heavy atom. The molecule has 1 N–H and O–H groups in total. The maximum atomic E-state index is 5.56. The standard InChI is InChI=1S/C13H20N2O/c1-2-4-6-10(5-3-1)13-11-9-16-8-7-12(11)14-15-13/h10H,1-9H2,(H,14,15). The van der Waals surface area contributed by atoms with Crippen LogP contribution in [0.3, 0.4) is 0 Å². The number of aromatic amines is 1. The topological polar surface area (TPSA) is 37.9 Å². The van der Waals surface area contributed by atoms with Gasteiger partial charge in [-0.3, -0.25) is 5.10 Å². The smallest absolute Gasteiger partial charge is 0.0753 e. The van der Waals surface area contributed by atoms with E-state index in [2.05, 4.69) is 10.2 Å². The first-order valence-electron chi connectivity index (χ1n) is 6.59. The van der Waals surface area contributed by atoms with Gasteiger partial charge in [0.25, 0.3) is 0 Å². The van der Waals surface area contributed by atoms with E-state index in [9.17, 15) is 0 Å². The van der Waals surface area contributed by atoms with E-state index in [1.807, 2.05) is 0 Å². The Morgan fingerprint density at radius 3 is 2.75 bits per heavy atom. The molecule has 3 nitrogen and oxygen atoms in total. The van der Waals surface area contributed by atoms with Crippen molar-refractivity contribution in [3.63, 3.8) is 0 Å². The van der Waals surface area contributed by atoms with Crippen molar-refractivity contribution in [1.82, 2.24) is 10.2 Å². The molecule has 0 spiro atoms. The molecule has 0 saturated heterocycles. The third kappa shape index (κ3) is 1.88. The molecule has 1 aromatic rings. The zero-order valence-electron chi connectivity index (χ0n) is 9.80. The summed E-state index contributed by atoms with van der Waals surface area (Å²) >= 11 is 0. The fraction of sp³-hybridized carbons (Fsp3) is 0.769. The normalized spacial score (nSPS) is 22.8. The van der Waals surface area contributed by atoms with Gasteiger partial charge in [0.15, 0.2) is 0 Å². The molecule has 16 heavy (non-hydrogen) atoms. The Labute approximate surface area is 96.6 Å². The van der Waals surface area contributed by atoms with Crippen molar-refractivity contribution >= 4 is 0 Å². The fourth-order valence-corrected chi connectivity index (χ4v) is 3.02. The number of nitrogens with zero attached hydrogens (tertiary/aromatic N) is 1. The predicted octanol–water partition coefficient (Wildman–Crippen LogP) is 2.92. The molecular weight excluding hydrogens is 200 g/mol. The van der Waals surface area contributed by atoms with Gasteiger partial charge in [-0.2, -0.15) is 5.10 Å². The Hall–Kier alpha value is -0.830. The number of fused-ring (bicyclic) bond motifs is 1. The molecular formula is C13H20N2O. The molecule has 0 bridgehead atoms. The molecule has 0 radical (unpaired) electrons. The van der Waals surface area contributed by atoms with E-state index >= 15 is 0 Å². The quantitative estimate of drug-likeness (QED) is 0.739. The minimum absolute atomic E-state index is 0.684. The van der Waals surface area contributed by atoms with Crippen LogP contribution in [-0.4, -0.2) is 16.8 Å². The monoisotopic (exact) mass is 220 g/mol. The fourth-order valence-electron chi connectivity index (χ4n) is 3.02. The van der Waals surface area contributed by atoms with Crippen molar-refractivity contribution in [2.24, 2.45) is 0 Å². The highest BCUT2D eigenvalue weighted by atomic mass is 16.5. The molecule has 0 aromatic carbocycles. The molecule has 1 aliphatic carbocycles. The van der Waals surface area contributed by atoms with Crippen LogP contribution >= 0.6 is 0 Å². The van der Waals surface area contributed by atoms with Gasteiger partial charge in [-0.1, -0.05) is 25.7 Å². The van der Waals surface area contributed by atoms with E-state index < -0.39 is 0 Å². The van der Waals surface area contributed by atoms with Crippen LogP contribution in [-0.2, 0) is 17.8 Å². The minimum Gasteiger partial charge on any atom is -0.376 e. The molecule has 0 amide bonds. The zero-order valence-corrected chi connectivity index (χ0v) is 9.80. The van der Waals surface area contributed by atoms with Crippen LogP contribution < -0.4 is 0 Å². The largest absolute Gasteiger partial charge is 0.376 e. The number of H-pyrrole nitrogens is 1. The summed E-state index contributed by atoms with van der Waals surface area (Å²) in [5.41, 5.74) is 4.01. The van der Waals surface area contributed by atoms with Crippen molar-refractivity contribution < 1.29 is 4.74 Å². The van der Waals surface area contributed by atoms with Crippen LogP contribution in [0.4, 0.5) is 0 Å². The van der Waals surface area contributed by atoms with Crippen LogP contribution in [0, 0.1) is 0 Å². The second-order valence-corrected chi connectivity index (χ2v) is 5.06. The predicted molar refractivity (Wildman–Crippen MR) is 62.4 cm³/mol. The SMILES string of the molecule is C1CCCC(c2n[nH]c3c2COCC3)CC1. The summed E-state index contributed by atoms with van der Waals surface area (Å²) in [7, 11) is 0. The van der Waals surface area contributed by atoms with E-state index in [4.69, 9.17) is 4.74 Å². The van der Waals surface area contributed by atoms with Gasteiger partial charge in [0.1, 0.15) is 0 Å². The van der Waals surface area contributed by atoms with Gasteiger partial charge >= 0.3 is 0 Å². The van der Waals surface area contributed by atoms with Gasteiger partial charge in [0.05, 0.1) is 18.9 Å². The lowest BCUT2D eigenvalue weighted by atomic mass is 9.92. The maximum Gasteiger partial charge on any atom is 0.0753 e. The van der Waals surface area contributed by atoms with E-state index in [0.29, 0.717) is 5.92 Å². The highest BCUT2D eigenvalue weighted by molar-refractivity contribution is 5.29. The lowest BCUT2D eigenvalue weighted by molar-refractivity contribution is 0.109. The van der Waals surface area contributed by atoms with Crippen LogP contribution in [0.5, 0.6) is 0 Å². The molecule has 2 heterocycles. The number of hydrogen-bond acceptors (Lipinski definition) is 2. The third-order valence-corrected chi connectivity index (χ3v) is 3.97. The van der Waals surface area contributed by atoms with Gasteiger partial charge in [0, 0.05) is 23.6 Å². The van der Waals surface area contributed by atoms with Crippen molar-refractivity contribution in [3.05, 3.63) is 17.0 Å². The average molecular weight is 220 g/mol. The molecule has 0 unspecified atom stereocenters. The Balaban J connectivity index is 1.84. The number of ether oxygens (including phenoxy) is 1. The van der Waals surface area contributed by atoms with Crippen molar-refractivity contribution in [1.29, 1.82) is 0 Å². The Morgan fingerprint density at radius 1 is 1.12 bits per heavy atom. The highest BCUT2D eigenvalue weighted by Gasteiger charge is 2.24. The van der Waals surface area contributed by atoms with E-state index in [1.165, 1.54) is 55.5 Å². The highest BCUT2D eigenvalue weighted by Crippen LogP contribution is 2.34. The van der Waals surface area contributed by atoms with Crippen molar-refractivity contribution in [2.75, 3.05) is 6.61 Å². The molecule has 1 aliphatic heterocycles. The summed E-state index contributed by atoms with van der Waals surface area (Å²) in [6.07, 6.45) is 9.18. The first-order chi connectivity index (χ1) is 7.95. The summed E-state index contributed by atoms with van der Waals surface area (Å²) in [6.45, 7) is 1.62. The van der Waals surface area contributed by atoms with Gasteiger partial charge in [-0.25, -0.2) is 0 Å². The molecule has 3 rings (SSSR count). The molecule has 1 fully saturated rings. The molecule has 0 atom stereocenters. The van der Waals surface area contributed by atoms with Gasteiger partial charge in [0.2, 0.25) is 0 Å². The summed E-state index contributed by atoms with van der Waals surface area (Å²) in [6, 6.07) is 0. The average Bonchev–Trinajstić information content (AvgIpc) is 2.57. The summed E-state index contributed by atoms with van der Waals surface area (Å²) < 4.78 is 5.56. The van der Waals surface area contributed by atoms with E-state index in [0.717, 1.165) is 19.6 Å². The van der Waals surface area contributed by atoms with Crippen molar-refractivity contribution in [2.45, 2.75) is 57.5 Å². The Bertz CT molecular complexity index is 351. The molecule has 3 heteroatoms. The third-order valence-electron chi connectivity index (χ3n) is 3.97. The number of rotatable bonds is 1. The zero-order chi connectivity index (χ0) is 10.8. The van der Waals surface area contributed by atoms with Gasteiger partial charge in [-0.15, -0.1) is 0 Å². The molecule has 2 aliphatic rings. The minimum atomic E-state index is 0.684.